The molecule has 3 saturated heterocycles. The zero-order chi connectivity index (χ0) is 31.0. The molecule has 3 heterocycles. The first-order chi connectivity index (χ1) is 20.0. The Morgan fingerprint density at radius 3 is 2.19 bits per heavy atom. The van der Waals surface area contributed by atoms with Crippen LogP contribution in [0.4, 0.5) is 11.4 Å². The number of carbonyl (C=O) groups is 3. The Labute approximate surface area is 250 Å². The molecule has 42 heavy (non-hydrogen) atoms. The van der Waals surface area contributed by atoms with E-state index in [2.05, 4.69) is 31.9 Å². The Hall–Kier alpha value is -3.17. The number of likely N-dealkylation sites (tertiary alicyclic amines) is 1. The van der Waals surface area contributed by atoms with Gasteiger partial charge in [-0.25, -0.2) is 0 Å². The van der Waals surface area contributed by atoms with Crippen LogP contribution in [-0.4, -0.2) is 95.7 Å². The number of aliphatic hydroxyl groups is 1. The van der Waals surface area contributed by atoms with Gasteiger partial charge in [-0.3, -0.25) is 14.4 Å². The lowest BCUT2D eigenvalue weighted by Crippen LogP contribution is -2.60. The number of rotatable bonds is 13. The third kappa shape index (κ3) is 4.94. The maximum atomic E-state index is 14.8. The van der Waals surface area contributed by atoms with Gasteiger partial charge in [-0.2, -0.15) is 0 Å². The fraction of sp³-hybridized carbons (Fsp3) is 0.606. The summed E-state index contributed by atoms with van der Waals surface area (Å²) < 4.78 is 6.79. The highest BCUT2D eigenvalue weighted by atomic mass is 16.5. The van der Waals surface area contributed by atoms with Crippen molar-refractivity contribution in [1.82, 2.24) is 9.80 Å². The predicted octanol–water partition coefficient (Wildman–Crippen LogP) is 3.48. The molecule has 6 atom stereocenters. The van der Waals surface area contributed by atoms with Crippen LogP contribution in [0.15, 0.2) is 49.6 Å². The highest BCUT2D eigenvalue weighted by Gasteiger charge is 2.79. The minimum absolute atomic E-state index is 0.129. The first-order valence-corrected chi connectivity index (χ1v) is 15.2. The number of hydrogen-bond donors (Lipinski definition) is 1. The second-order valence-electron chi connectivity index (χ2n) is 12.4. The topological polar surface area (TPSA) is 93.6 Å². The van der Waals surface area contributed by atoms with Crippen molar-refractivity contribution in [3.63, 3.8) is 0 Å². The van der Waals surface area contributed by atoms with Crippen LogP contribution in [0.1, 0.15) is 47.5 Å². The lowest BCUT2D eigenvalue weighted by atomic mass is 9.66. The maximum absolute atomic E-state index is 14.8. The Bertz CT molecular complexity index is 1200. The van der Waals surface area contributed by atoms with E-state index in [4.69, 9.17) is 4.74 Å². The van der Waals surface area contributed by atoms with Gasteiger partial charge in [-0.05, 0) is 63.8 Å². The molecule has 0 radical (unpaired) electrons. The Kier molecular flexibility index (Phi) is 9.23. The standard InChI is InChI=1S/C33H48N4O5/c1-9-19-34(8)29(39)26-27-30(40)37(25(21-38)22(5)6)28(33(27)18-17-32(26,7)42-33)31(41)36(20-10-2)24-15-13-23(14-16-24)35(11-3)12-4/h9-10,13-16,22,25-28,38H,1-2,11-12,17-21H2,3-8H3/t25-,26-,27-,28?,32+,33?/m0/s1. The monoisotopic (exact) mass is 580 g/mol. The van der Waals surface area contributed by atoms with Gasteiger partial charge in [-0.15, -0.1) is 13.2 Å². The van der Waals surface area contributed by atoms with Crippen LogP contribution >= 0.6 is 0 Å². The molecule has 9 nitrogen and oxygen atoms in total. The van der Waals surface area contributed by atoms with Gasteiger partial charge in [0.15, 0.2) is 0 Å². The average molecular weight is 581 g/mol. The van der Waals surface area contributed by atoms with E-state index < -0.39 is 35.1 Å². The average Bonchev–Trinajstić information content (AvgIpc) is 3.53. The van der Waals surface area contributed by atoms with Gasteiger partial charge in [0.1, 0.15) is 11.6 Å². The van der Waals surface area contributed by atoms with Crippen LogP contribution < -0.4 is 9.80 Å². The second-order valence-corrected chi connectivity index (χ2v) is 12.4. The number of nitrogens with zero attached hydrogens (tertiary/aromatic N) is 4. The van der Waals surface area contributed by atoms with E-state index in [1.165, 1.54) is 0 Å². The molecule has 1 spiro atoms. The van der Waals surface area contributed by atoms with E-state index >= 15 is 0 Å². The van der Waals surface area contributed by atoms with Gasteiger partial charge in [0, 0.05) is 44.6 Å². The fourth-order valence-corrected chi connectivity index (χ4v) is 7.55. The lowest BCUT2D eigenvalue weighted by Gasteiger charge is -2.40. The molecule has 1 aromatic rings. The number of likely N-dealkylation sites (N-methyl/N-ethyl adjacent to an activating group) is 1. The summed E-state index contributed by atoms with van der Waals surface area (Å²) in [5.74, 6) is -2.48. The zero-order valence-electron chi connectivity index (χ0n) is 26.1. The second kappa shape index (κ2) is 12.2. The Morgan fingerprint density at radius 2 is 1.67 bits per heavy atom. The van der Waals surface area contributed by atoms with Crippen LogP contribution in [0.5, 0.6) is 0 Å². The summed E-state index contributed by atoms with van der Waals surface area (Å²) >= 11 is 0. The number of fused-ring (bicyclic) bond motifs is 1. The number of ether oxygens (including phenoxy) is 1. The van der Waals surface area contributed by atoms with E-state index in [1.54, 1.807) is 33.9 Å². The molecule has 230 valence electrons. The molecule has 3 aliphatic rings. The van der Waals surface area contributed by atoms with Crippen LogP contribution in [0.3, 0.4) is 0 Å². The Morgan fingerprint density at radius 1 is 1.07 bits per heavy atom. The summed E-state index contributed by atoms with van der Waals surface area (Å²) in [4.78, 5) is 50.1. The van der Waals surface area contributed by atoms with Crippen molar-refractivity contribution in [2.75, 3.05) is 49.6 Å². The van der Waals surface area contributed by atoms with Crippen molar-refractivity contribution in [3.8, 4) is 0 Å². The lowest BCUT2D eigenvalue weighted by molar-refractivity contribution is -0.152. The number of hydrogen-bond acceptors (Lipinski definition) is 6. The highest BCUT2D eigenvalue weighted by Crippen LogP contribution is 2.64. The third-order valence-corrected chi connectivity index (χ3v) is 9.68. The van der Waals surface area contributed by atoms with Gasteiger partial charge in [-0.1, -0.05) is 26.0 Å². The van der Waals surface area contributed by atoms with Gasteiger partial charge in [0.2, 0.25) is 11.8 Å². The molecular formula is C33H48N4O5. The van der Waals surface area contributed by atoms with Crippen molar-refractivity contribution >= 4 is 29.1 Å². The largest absolute Gasteiger partial charge is 0.394 e. The number of carbonyl (C=O) groups excluding carboxylic acids is 3. The zero-order valence-corrected chi connectivity index (χ0v) is 26.1. The number of anilines is 2. The first-order valence-electron chi connectivity index (χ1n) is 15.2. The SMILES string of the molecule is C=CCN(C)C(=O)[C@@H]1[C@H]2C(=O)N([C@@H](CO)C(C)C)C(C(=O)N(CC=C)c3ccc(N(CC)CC)cc3)C23CC[C@@]1(C)O3. The van der Waals surface area contributed by atoms with Gasteiger partial charge < -0.3 is 29.4 Å². The van der Waals surface area contributed by atoms with Crippen molar-refractivity contribution in [1.29, 1.82) is 0 Å². The normalized spacial score (nSPS) is 28.5. The molecule has 1 N–H and O–H groups in total. The molecule has 3 amide bonds. The molecule has 0 saturated carbocycles. The van der Waals surface area contributed by atoms with Crippen LogP contribution in [0.25, 0.3) is 0 Å². The van der Waals surface area contributed by atoms with E-state index in [-0.39, 0.29) is 36.8 Å². The van der Waals surface area contributed by atoms with Crippen LogP contribution in [0.2, 0.25) is 0 Å². The van der Waals surface area contributed by atoms with Gasteiger partial charge >= 0.3 is 0 Å². The van der Waals surface area contributed by atoms with E-state index in [0.29, 0.717) is 25.1 Å². The molecule has 0 aliphatic carbocycles. The van der Waals surface area contributed by atoms with Crippen molar-refractivity contribution in [2.24, 2.45) is 17.8 Å². The van der Waals surface area contributed by atoms with E-state index in [9.17, 15) is 19.5 Å². The van der Waals surface area contributed by atoms with Crippen molar-refractivity contribution in [2.45, 2.75) is 70.7 Å². The third-order valence-electron chi connectivity index (χ3n) is 9.68. The summed E-state index contributed by atoms with van der Waals surface area (Å²) in [6.07, 6.45) is 4.35. The molecule has 2 bridgehead atoms. The number of aliphatic hydroxyl groups excluding tert-OH is 1. The number of benzene rings is 1. The maximum Gasteiger partial charge on any atom is 0.253 e. The smallest absolute Gasteiger partial charge is 0.253 e. The molecule has 3 aliphatic heterocycles. The predicted molar refractivity (Wildman–Crippen MR) is 165 cm³/mol. The first kappa shape index (κ1) is 31.8. The van der Waals surface area contributed by atoms with Gasteiger partial charge in [0.25, 0.3) is 5.91 Å². The number of amides is 3. The molecule has 3 fully saturated rings. The van der Waals surface area contributed by atoms with Crippen molar-refractivity contribution < 1.29 is 24.2 Å². The van der Waals surface area contributed by atoms with Crippen LogP contribution in [0, 0.1) is 17.8 Å². The van der Waals surface area contributed by atoms with E-state index in [0.717, 1.165) is 18.8 Å². The minimum Gasteiger partial charge on any atom is -0.394 e. The summed E-state index contributed by atoms with van der Waals surface area (Å²) in [6, 6.07) is 6.22. The summed E-state index contributed by atoms with van der Waals surface area (Å²) in [7, 11) is 1.70. The minimum atomic E-state index is -1.18. The summed E-state index contributed by atoms with van der Waals surface area (Å²) in [6.45, 7) is 19.6. The molecule has 1 aromatic carbocycles. The molecule has 4 rings (SSSR count). The molecule has 0 aromatic heterocycles. The fourth-order valence-electron chi connectivity index (χ4n) is 7.55. The quantitative estimate of drug-likeness (QED) is 0.359. The molecular weight excluding hydrogens is 532 g/mol. The van der Waals surface area contributed by atoms with Crippen molar-refractivity contribution in [3.05, 3.63) is 49.6 Å². The molecule has 9 heteroatoms. The summed E-state index contributed by atoms with van der Waals surface area (Å²) in [5.41, 5.74) is -0.313. The summed E-state index contributed by atoms with van der Waals surface area (Å²) in [5, 5.41) is 10.5. The van der Waals surface area contributed by atoms with Gasteiger partial charge in [0.05, 0.1) is 30.1 Å². The Balaban J connectivity index is 1.82. The van der Waals surface area contributed by atoms with Crippen LogP contribution in [-0.2, 0) is 19.1 Å². The highest BCUT2D eigenvalue weighted by molar-refractivity contribution is 6.05. The van der Waals surface area contributed by atoms with E-state index in [1.807, 2.05) is 45.0 Å². The molecule has 2 unspecified atom stereocenters.